The average molecular weight is 846 g/mol. The fraction of sp³-hybridized carbons (Fsp3) is 0.0164. The van der Waals surface area contributed by atoms with Gasteiger partial charge in [-0.25, -0.2) is 0 Å². The van der Waals surface area contributed by atoms with Crippen LogP contribution in [-0.4, -0.2) is 21.8 Å². The first-order valence-corrected chi connectivity index (χ1v) is 24.5. The molecular weight excluding hydrogens is 803 g/mol. The number of hydrogen-bond acceptors (Lipinski definition) is 0. The molecule has 13 aromatic rings. The second-order valence-corrected chi connectivity index (χ2v) is 21.2. The number of benzene rings is 10. The maximum absolute atomic E-state index is 2.68. The Bertz CT molecular complexity index is 3840. The Labute approximate surface area is 378 Å². The summed E-state index contributed by atoms with van der Waals surface area (Å²) in [5.74, 6) is 0. The fourth-order valence-corrected chi connectivity index (χ4v) is 15.9. The number of aromatic nitrogens is 3. The van der Waals surface area contributed by atoms with Crippen molar-refractivity contribution >= 4 is 94.2 Å². The molecule has 0 bridgehead atoms. The topological polar surface area (TPSA) is 14.8 Å². The Morgan fingerprint density at radius 3 is 1.35 bits per heavy atom. The zero-order valence-corrected chi connectivity index (χ0v) is 36.9. The highest BCUT2D eigenvalue weighted by Gasteiger charge is 2.41. The SMILES string of the molecule is Cc1ccc2c3ccccc3n(-c3ccc4c(c3)c3ccccc3n4-c3cccc4c3c3ccccc3n4-c3ccc([Si](c4ccccc4)(c4ccccc4)c4ccccc4)cc3)c2c1. The maximum Gasteiger partial charge on any atom is 0.179 e. The van der Waals surface area contributed by atoms with Crippen molar-refractivity contribution in [1.82, 2.24) is 13.7 Å². The fourth-order valence-electron chi connectivity index (χ4n) is 11.1. The number of aryl methyl sites for hydroxylation is 1. The van der Waals surface area contributed by atoms with Crippen LogP contribution in [0.4, 0.5) is 0 Å². The summed E-state index contributed by atoms with van der Waals surface area (Å²) in [5, 5.41) is 12.9. The van der Waals surface area contributed by atoms with Crippen molar-refractivity contribution in [3.63, 3.8) is 0 Å². The molecule has 0 amide bonds. The van der Waals surface area contributed by atoms with Gasteiger partial charge in [0, 0.05) is 43.7 Å². The zero-order valence-electron chi connectivity index (χ0n) is 35.9. The zero-order chi connectivity index (χ0) is 43.1. The van der Waals surface area contributed by atoms with Crippen LogP contribution >= 0.6 is 0 Å². The molecule has 0 saturated carbocycles. The van der Waals surface area contributed by atoms with Crippen LogP contribution in [0.15, 0.2) is 243 Å². The number of nitrogens with zero attached hydrogens (tertiary/aromatic N) is 3. The molecule has 0 aliphatic carbocycles. The van der Waals surface area contributed by atoms with Crippen LogP contribution in [0.1, 0.15) is 5.56 Å². The molecule has 0 saturated heterocycles. The quantitative estimate of drug-likeness (QED) is 0.112. The smallest absolute Gasteiger partial charge is 0.179 e. The largest absolute Gasteiger partial charge is 0.309 e. The van der Waals surface area contributed by atoms with E-state index in [0.29, 0.717) is 0 Å². The van der Waals surface area contributed by atoms with E-state index in [1.165, 1.54) is 97.4 Å². The van der Waals surface area contributed by atoms with Crippen LogP contribution in [0.25, 0.3) is 82.5 Å². The number of hydrogen-bond donors (Lipinski definition) is 0. The van der Waals surface area contributed by atoms with Crippen molar-refractivity contribution in [3.05, 3.63) is 248 Å². The molecule has 65 heavy (non-hydrogen) atoms. The first-order chi connectivity index (χ1) is 32.2. The Hall–Kier alpha value is -8.18. The van der Waals surface area contributed by atoms with Crippen LogP contribution in [0.2, 0.25) is 0 Å². The van der Waals surface area contributed by atoms with Crippen LogP contribution < -0.4 is 20.7 Å². The average Bonchev–Trinajstić information content (AvgIpc) is 4.01. The molecule has 10 aromatic carbocycles. The van der Waals surface area contributed by atoms with E-state index in [9.17, 15) is 0 Å². The first-order valence-electron chi connectivity index (χ1n) is 22.5. The van der Waals surface area contributed by atoms with Gasteiger partial charge in [-0.3, -0.25) is 0 Å². The minimum absolute atomic E-state index is 1.14. The summed E-state index contributed by atoms with van der Waals surface area (Å²) >= 11 is 0. The van der Waals surface area contributed by atoms with Crippen LogP contribution in [-0.2, 0) is 0 Å². The summed E-state index contributed by atoms with van der Waals surface area (Å²) in [6.07, 6.45) is 0. The molecule has 0 aliphatic rings. The standard InChI is InChI=1S/C61H43N3Si/c1-42-32-38-51-49-24-11-14-27-54(49)63(60(51)40-42)44-35-39-57-53(41-44)50-25-12-15-28-55(50)64(57)59-31-17-30-58-61(59)52-26-13-16-29-56(52)62(58)43-33-36-48(37-34-43)65(45-18-5-2-6-19-45,46-20-7-3-8-21-46)47-22-9-4-10-23-47/h2-41H,1H3. The minimum atomic E-state index is -2.68. The summed E-state index contributed by atoms with van der Waals surface area (Å²) in [5.41, 5.74) is 11.9. The summed E-state index contributed by atoms with van der Waals surface area (Å²) in [7, 11) is -2.68. The normalized spacial score (nSPS) is 12.1. The first kappa shape index (κ1) is 37.4. The van der Waals surface area contributed by atoms with Crippen molar-refractivity contribution in [1.29, 1.82) is 0 Å². The van der Waals surface area contributed by atoms with Gasteiger partial charge in [-0.1, -0.05) is 176 Å². The van der Waals surface area contributed by atoms with Crippen LogP contribution in [0.5, 0.6) is 0 Å². The van der Waals surface area contributed by atoms with Gasteiger partial charge in [-0.05, 0) is 100.0 Å². The molecule has 0 radical (unpaired) electrons. The lowest BCUT2D eigenvalue weighted by atomic mass is 10.1. The Kier molecular flexibility index (Phi) is 8.45. The van der Waals surface area contributed by atoms with E-state index < -0.39 is 8.07 Å². The third-order valence-electron chi connectivity index (χ3n) is 13.8. The molecule has 13 rings (SSSR count). The predicted molar refractivity (Wildman–Crippen MR) is 278 cm³/mol. The van der Waals surface area contributed by atoms with Crippen LogP contribution in [0, 0.1) is 6.92 Å². The number of fused-ring (bicyclic) bond motifs is 9. The Morgan fingerprint density at radius 2 is 0.723 bits per heavy atom. The Balaban J connectivity index is 1.02. The Morgan fingerprint density at radius 1 is 0.277 bits per heavy atom. The van der Waals surface area contributed by atoms with Gasteiger partial charge in [-0.15, -0.1) is 0 Å². The van der Waals surface area contributed by atoms with Crippen LogP contribution in [0.3, 0.4) is 0 Å². The molecule has 0 N–H and O–H groups in total. The van der Waals surface area contributed by atoms with Crippen molar-refractivity contribution in [2.75, 3.05) is 0 Å². The highest BCUT2D eigenvalue weighted by atomic mass is 28.3. The monoisotopic (exact) mass is 845 g/mol. The molecule has 3 aromatic heterocycles. The molecule has 3 heterocycles. The maximum atomic E-state index is 2.49. The van der Waals surface area contributed by atoms with E-state index in [2.05, 4.69) is 263 Å². The summed E-state index contributed by atoms with van der Waals surface area (Å²) < 4.78 is 7.39. The van der Waals surface area contributed by atoms with Gasteiger partial charge >= 0.3 is 0 Å². The molecule has 306 valence electrons. The van der Waals surface area contributed by atoms with Gasteiger partial charge in [-0.2, -0.15) is 0 Å². The predicted octanol–water partition coefficient (Wildman–Crippen LogP) is 12.7. The lowest BCUT2D eigenvalue weighted by molar-refractivity contribution is 1.16. The lowest BCUT2D eigenvalue weighted by Crippen LogP contribution is -2.74. The second-order valence-electron chi connectivity index (χ2n) is 17.3. The highest BCUT2D eigenvalue weighted by Crippen LogP contribution is 2.41. The van der Waals surface area contributed by atoms with E-state index >= 15 is 0 Å². The molecule has 4 heteroatoms. The van der Waals surface area contributed by atoms with Crippen molar-refractivity contribution in [2.45, 2.75) is 6.92 Å². The number of para-hydroxylation sites is 3. The molecule has 0 spiro atoms. The van der Waals surface area contributed by atoms with E-state index in [0.717, 1.165) is 11.4 Å². The molecule has 0 unspecified atom stereocenters. The molecule has 0 fully saturated rings. The van der Waals surface area contributed by atoms with E-state index in [1.54, 1.807) is 0 Å². The molecule has 0 atom stereocenters. The van der Waals surface area contributed by atoms with Gasteiger partial charge in [0.2, 0.25) is 0 Å². The van der Waals surface area contributed by atoms with E-state index in [1.807, 2.05) is 0 Å². The van der Waals surface area contributed by atoms with Crippen molar-refractivity contribution in [3.8, 4) is 17.1 Å². The van der Waals surface area contributed by atoms with E-state index in [-0.39, 0.29) is 0 Å². The van der Waals surface area contributed by atoms with Gasteiger partial charge in [0.15, 0.2) is 8.07 Å². The van der Waals surface area contributed by atoms with Crippen molar-refractivity contribution in [2.24, 2.45) is 0 Å². The van der Waals surface area contributed by atoms with Gasteiger partial charge in [0.25, 0.3) is 0 Å². The third kappa shape index (κ3) is 5.54. The van der Waals surface area contributed by atoms with Crippen molar-refractivity contribution < 1.29 is 0 Å². The molecular formula is C61H43N3Si. The molecule has 0 aliphatic heterocycles. The summed E-state index contributed by atoms with van der Waals surface area (Å²) in [6.45, 7) is 2.18. The number of rotatable bonds is 7. The van der Waals surface area contributed by atoms with E-state index in [4.69, 9.17) is 0 Å². The molecule has 3 nitrogen and oxygen atoms in total. The second kappa shape index (κ2) is 14.7. The summed E-state index contributed by atoms with van der Waals surface area (Å²) in [6, 6.07) is 90.3. The lowest BCUT2D eigenvalue weighted by Gasteiger charge is -2.34. The minimum Gasteiger partial charge on any atom is -0.309 e. The highest BCUT2D eigenvalue weighted by molar-refractivity contribution is 7.19. The van der Waals surface area contributed by atoms with Gasteiger partial charge < -0.3 is 13.7 Å². The third-order valence-corrected chi connectivity index (χ3v) is 18.6. The van der Waals surface area contributed by atoms with Gasteiger partial charge in [0.1, 0.15) is 0 Å². The summed E-state index contributed by atoms with van der Waals surface area (Å²) in [4.78, 5) is 0. The van der Waals surface area contributed by atoms with Gasteiger partial charge in [0.05, 0.1) is 38.8 Å².